The fourth-order valence-corrected chi connectivity index (χ4v) is 12.7. The van der Waals surface area contributed by atoms with E-state index in [1.807, 2.05) is 0 Å². The van der Waals surface area contributed by atoms with Crippen molar-refractivity contribution in [1.29, 1.82) is 0 Å². The van der Waals surface area contributed by atoms with Crippen LogP contribution in [0.2, 0.25) is 0 Å². The van der Waals surface area contributed by atoms with Crippen LogP contribution < -0.4 is 0 Å². The third kappa shape index (κ3) is 33.8. The molecule has 18 atom stereocenters. The number of ether oxygens (including phenoxy) is 7. The van der Waals surface area contributed by atoms with Crippen molar-refractivity contribution in [1.82, 2.24) is 0 Å². The standard InChI is InChI=1S/C67H123O24P/c1-4-7-10-13-16-19-22-25-28-30-32-35-38-41-51(69)83-45-48(86-53(71)43-40-37-34-31-27-24-21-18-15-12-9-6-3)46-85-92(81,82)91-65-63(89-66-61(79)56(74)54(72)49(44-68)87-66)59(77)58(76)60(78)64(65)90-67-62(80)57(75)55(73)50(88-67)47-84-52(70)42-39-36-33-29-26-23-20-17-14-11-8-5-2/h25,28,48-50,54-68,72-80H,4-24,26-27,29-47H2,1-3H3,(H,81,82)/b28-25-. The Morgan fingerprint density at radius 2 is 0.761 bits per heavy atom. The van der Waals surface area contributed by atoms with Crippen LogP contribution in [-0.2, 0) is 61.2 Å². The molecule has 2 aliphatic heterocycles. The molecule has 540 valence electrons. The largest absolute Gasteiger partial charge is 0.472 e. The van der Waals surface area contributed by atoms with E-state index in [4.69, 9.17) is 42.2 Å². The Balaban J connectivity index is 1.77. The molecule has 24 nitrogen and oxygen atoms in total. The van der Waals surface area contributed by atoms with E-state index >= 15 is 0 Å². The van der Waals surface area contributed by atoms with Crippen molar-refractivity contribution in [2.24, 2.45) is 0 Å². The number of phosphoric ester groups is 1. The number of hydrogen-bond donors (Lipinski definition) is 11. The van der Waals surface area contributed by atoms with Gasteiger partial charge in [0, 0.05) is 19.3 Å². The molecule has 2 saturated heterocycles. The lowest BCUT2D eigenvalue weighted by Gasteiger charge is -2.49. The van der Waals surface area contributed by atoms with Gasteiger partial charge in [-0.3, -0.25) is 23.4 Å². The van der Waals surface area contributed by atoms with E-state index in [1.54, 1.807) is 0 Å². The molecule has 25 heteroatoms. The van der Waals surface area contributed by atoms with Gasteiger partial charge in [-0.1, -0.05) is 213 Å². The summed E-state index contributed by atoms with van der Waals surface area (Å²) >= 11 is 0. The molecule has 11 N–H and O–H groups in total. The fraction of sp³-hybridized carbons (Fsp3) is 0.925. The molecular weight excluding hydrogens is 1220 g/mol. The molecule has 0 radical (unpaired) electrons. The van der Waals surface area contributed by atoms with Crippen LogP contribution in [0.4, 0.5) is 0 Å². The lowest BCUT2D eigenvalue weighted by atomic mass is 9.84. The second-order valence-corrected chi connectivity index (χ2v) is 27.0. The number of aliphatic hydroxyl groups is 10. The molecule has 0 aromatic rings. The molecule has 2 heterocycles. The van der Waals surface area contributed by atoms with Gasteiger partial charge in [-0.05, 0) is 44.9 Å². The van der Waals surface area contributed by atoms with E-state index in [0.717, 1.165) is 96.3 Å². The first kappa shape index (κ1) is 83.9. The molecule has 92 heavy (non-hydrogen) atoms. The number of unbranched alkanes of at least 4 members (excludes halogenated alkanes) is 31. The highest BCUT2D eigenvalue weighted by atomic mass is 31.2. The zero-order valence-corrected chi connectivity index (χ0v) is 56.7. The van der Waals surface area contributed by atoms with Crippen LogP contribution in [0, 0.1) is 0 Å². The molecule has 3 rings (SSSR count). The highest BCUT2D eigenvalue weighted by molar-refractivity contribution is 7.47. The van der Waals surface area contributed by atoms with Crippen molar-refractivity contribution < 1.29 is 117 Å². The Morgan fingerprint density at radius 1 is 0.413 bits per heavy atom. The fourth-order valence-electron chi connectivity index (χ4n) is 11.7. The Bertz CT molecular complexity index is 1970. The number of carbonyl (C=O) groups excluding carboxylic acids is 3. The second-order valence-electron chi connectivity index (χ2n) is 25.6. The number of allylic oxidation sites excluding steroid dienone is 2. The van der Waals surface area contributed by atoms with E-state index in [9.17, 15) is 74.9 Å². The number of phosphoric acid groups is 1. The van der Waals surface area contributed by atoms with Gasteiger partial charge in [-0.25, -0.2) is 4.57 Å². The first-order valence-corrected chi connectivity index (χ1v) is 37.0. The van der Waals surface area contributed by atoms with Crippen LogP contribution in [0.1, 0.15) is 265 Å². The minimum atomic E-state index is -5.69. The average Bonchev–Trinajstić information content (AvgIpc) is 0.813. The van der Waals surface area contributed by atoms with Gasteiger partial charge in [-0.2, -0.15) is 0 Å². The van der Waals surface area contributed by atoms with Gasteiger partial charge in [0.25, 0.3) is 0 Å². The molecule has 3 aliphatic rings. The van der Waals surface area contributed by atoms with E-state index in [2.05, 4.69) is 32.9 Å². The second kappa shape index (κ2) is 50.1. The average molecular weight is 1340 g/mol. The van der Waals surface area contributed by atoms with E-state index in [0.29, 0.717) is 19.3 Å². The Labute approximate surface area is 548 Å². The smallest absolute Gasteiger partial charge is 0.463 e. The quantitative estimate of drug-likeness (QED) is 0.00894. The topological polar surface area (TPSA) is 374 Å². The lowest BCUT2D eigenvalue weighted by molar-refractivity contribution is -0.360. The summed E-state index contributed by atoms with van der Waals surface area (Å²) in [6.45, 7) is 3.39. The summed E-state index contributed by atoms with van der Waals surface area (Å²) in [6.07, 6.45) is 6.02. The Hall–Kier alpha value is -2.30. The number of carbonyl (C=O) groups is 3. The number of esters is 3. The minimum Gasteiger partial charge on any atom is -0.463 e. The van der Waals surface area contributed by atoms with Gasteiger partial charge in [0.05, 0.1) is 13.2 Å². The third-order valence-electron chi connectivity index (χ3n) is 17.5. The predicted molar refractivity (Wildman–Crippen MR) is 342 cm³/mol. The van der Waals surface area contributed by atoms with Gasteiger partial charge in [0.1, 0.15) is 98.7 Å². The molecule has 1 aliphatic carbocycles. The van der Waals surface area contributed by atoms with Crippen LogP contribution in [0.5, 0.6) is 0 Å². The predicted octanol–water partition coefficient (Wildman–Crippen LogP) is 8.40. The normalized spacial score (nSPS) is 28.7. The SMILES string of the molecule is CCCCCCCC/C=C\CCCCCC(=O)OCC(COP(=O)(O)OC1C(OC2OC(CO)C(O)C(O)C2O)C(O)C(O)C(O)C1OC1OC(COC(=O)CCCCCCCCCCCCCC)C(O)C(O)C1O)OC(=O)CCCCCCCCCCCCCC. The van der Waals surface area contributed by atoms with Crippen LogP contribution >= 0.6 is 7.82 Å². The molecule has 3 fully saturated rings. The van der Waals surface area contributed by atoms with Crippen molar-refractivity contribution >= 4 is 25.7 Å². The molecule has 1 saturated carbocycles. The molecule has 18 unspecified atom stereocenters. The summed E-state index contributed by atoms with van der Waals surface area (Å²) in [4.78, 5) is 50.8. The summed E-state index contributed by atoms with van der Waals surface area (Å²) in [6, 6.07) is 0. The highest BCUT2D eigenvalue weighted by Gasteiger charge is 2.58. The molecule has 0 bridgehead atoms. The lowest BCUT2D eigenvalue weighted by Crippen LogP contribution is -2.69. The summed E-state index contributed by atoms with van der Waals surface area (Å²) < 4.78 is 64.8. The van der Waals surface area contributed by atoms with Crippen LogP contribution in [0.3, 0.4) is 0 Å². The highest BCUT2D eigenvalue weighted by Crippen LogP contribution is 2.49. The van der Waals surface area contributed by atoms with Crippen LogP contribution in [0.25, 0.3) is 0 Å². The summed E-state index contributed by atoms with van der Waals surface area (Å²) in [5, 5.41) is 110. The van der Waals surface area contributed by atoms with Gasteiger partial charge < -0.3 is 89.1 Å². The molecule has 0 amide bonds. The van der Waals surface area contributed by atoms with Crippen molar-refractivity contribution in [3.05, 3.63) is 12.2 Å². The maximum Gasteiger partial charge on any atom is 0.472 e. The molecule has 0 spiro atoms. The van der Waals surface area contributed by atoms with Crippen LogP contribution in [0.15, 0.2) is 12.2 Å². The van der Waals surface area contributed by atoms with Crippen molar-refractivity contribution in [3.63, 3.8) is 0 Å². The van der Waals surface area contributed by atoms with Gasteiger partial charge in [-0.15, -0.1) is 0 Å². The Morgan fingerprint density at radius 3 is 1.18 bits per heavy atom. The van der Waals surface area contributed by atoms with Crippen LogP contribution in [-0.4, -0.2) is 204 Å². The van der Waals surface area contributed by atoms with Gasteiger partial charge in [0.15, 0.2) is 18.7 Å². The first-order chi connectivity index (χ1) is 44.3. The maximum absolute atomic E-state index is 14.3. The third-order valence-corrected chi connectivity index (χ3v) is 18.5. The van der Waals surface area contributed by atoms with Crippen molar-refractivity contribution in [2.45, 2.75) is 369 Å². The molecule has 0 aromatic heterocycles. The monoisotopic (exact) mass is 1340 g/mol. The van der Waals surface area contributed by atoms with Crippen molar-refractivity contribution in [3.8, 4) is 0 Å². The van der Waals surface area contributed by atoms with Crippen molar-refractivity contribution in [2.75, 3.05) is 26.4 Å². The van der Waals surface area contributed by atoms with E-state index in [-0.39, 0.29) is 19.3 Å². The minimum absolute atomic E-state index is 0.0274. The van der Waals surface area contributed by atoms with E-state index < -0.39 is 156 Å². The molecular formula is C67H123O24P. The maximum atomic E-state index is 14.3. The van der Waals surface area contributed by atoms with Gasteiger partial charge >= 0.3 is 25.7 Å². The first-order valence-electron chi connectivity index (χ1n) is 35.5. The zero-order chi connectivity index (χ0) is 67.5. The zero-order valence-electron chi connectivity index (χ0n) is 55.8. The summed E-state index contributed by atoms with van der Waals surface area (Å²) in [5.74, 6) is -2.00. The summed E-state index contributed by atoms with van der Waals surface area (Å²) in [5.41, 5.74) is 0. The number of hydrogen-bond acceptors (Lipinski definition) is 23. The number of rotatable bonds is 54. The van der Waals surface area contributed by atoms with E-state index in [1.165, 1.54) is 109 Å². The molecule has 0 aromatic carbocycles. The number of aliphatic hydroxyl groups excluding tert-OH is 10. The van der Waals surface area contributed by atoms with Gasteiger partial charge in [0.2, 0.25) is 0 Å². The Kier molecular flexibility index (Phi) is 45.7. The summed E-state index contributed by atoms with van der Waals surface area (Å²) in [7, 11) is -5.69.